The summed E-state index contributed by atoms with van der Waals surface area (Å²) in [5.74, 6) is 0.0636. The van der Waals surface area contributed by atoms with Crippen LogP contribution in [0.5, 0.6) is 0 Å². The lowest BCUT2D eigenvalue weighted by Gasteiger charge is -2.36. The van der Waals surface area contributed by atoms with Crippen molar-refractivity contribution in [3.8, 4) is 0 Å². The fourth-order valence-corrected chi connectivity index (χ4v) is 4.92. The summed E-state index contributed by atoms with van der Waals surface area (Å²) < 4.78 is 0. The Morgan fingerprint density at radius 1 is 1.39 bits per heavy atom. The highest BCUT2D eigenvalue weighted by Crippen LogP contribution is 2.41. The summed E-state index contributed by atoms with van der Waals surface area (Å²) >= 11 is 1.55. The number of nitrogens with two attached hydrogens (primary N) is 1. The summed E-state index contributed by atoms with van der Waals surface area (Å²) in [7, 11) is 1.91. The fourth-order valence-electron chi connectivity index (χ4n) is 3.78. The molecule has 0 saturated heterocycles. The number of hydrogen-bond acceptors (Lipinski definition) is 5. The van der Waals surface area contributed by atoms with E-state index >= 15 is 0 Å². The van der Waals surface area contributed by atoms with Crippen LogP contribution in [0.15, 0.2) is 17.0 Å². The van der Waals surface area contributed by atoms with Crippen molar-refractivity contribution in [1.82, 2.24) is 10.2 Å². The van der Waals surface area contributed by atoms with Crippen molar-refractivity contribution in [2.45, 2.75) is 63.3 Å². The number of hydrogen-bond donors (Lipinski definition) is 2. The molecule has 0 spiro atoms. The van der Waals surface area contributed by atoms with E-state index in [0.717, 1.165) is 29.1 Å². The van der Waals surface area contributed by atoms with E-state index in [4.69, 9.17) is 5.73 Å². The Morgan fingerprint density at radius 3 is 2.61 bits per heavy atom. The molecule has 2 amide bonds. The highest BCUT2D eigenvalue weighted by molar-refractivity contribution is 8.01. The molecule has 0 radical (unpaired) electrons. The van der Waals surface area contributed by atoms with Gasteiger partial charge in [-0.3, -0.25) is 9.59 Å². The van der Waals surface area contributed by atoms with Gasteiger partial charge in [0.1, 0.15) is 0 Å². The molecule has 1 heterocycles. The normalized spacial score (nSPS) is 17.6. The molecule has 1 aliphatic rings. The molecule has 0 aliphatic carbocycles. The summed E-state index contributed by atoms with van der Waals surface area (Å²) in [6, 6.07) is 4.12. The maximum absolute atomic E-state index is 13.5. The third-order valence-electron chi connectivity index (χ3n) is 5.19. The molecule has 2 rings (SSSR count). The molecule has 7 heteroatoms. The van der Waals surface area contributed by atoms with Crippen LogP contribution in [0.3, 0.4) is 0 Å². The number of carbonyl (C=O) groups excluding carboxylic acids is 2. The molecule has 1 unspecified atom stereocenters. The van der Waals surface area contributed by atoms with Crippen molar-refractivity contribution >= 4 is 29.3 Å². The van der Waals surface area contributed by atoms with E-state index in [1.54, 1.807) is 16.7 Å². The van der Waals surface area contributed by atoms with Gasteiger partial charge in [-0.15, -0.1) is 11.8 Å². The molecule has 1 aliphatic heterocycles. The predicted octanol–water partition coefficient (Wildman–Crippen LogP) is 2.63. The molecule has 1 aromatic carbocycles. The quantitative estimate of drug-likeness (QED) is 0.694. The van der Waals surface area contributed by atoms with Crippen LogP contribution in [0.4, 0.5) is 5.69 Å². The number of likely N-dealkylation sites (N-methyl/N-ethyl adjacent to an activating group) is 1. The van der Waals surface area contributed by atoms with Crippen LogP contribution in [0.2, 0.25) is 0 Å². The van der Waals surface area contributed by atoms with Gasteiger partial charge in [-0.05, 0) is 58.9 Å². The Hall–Kier alpha value is -1.57. The van der Waals surface area contributed by atoms with Gasteiger partial charge in [-0.1, -0.05) is 6.92 Å². The van der Waals surface area contributed by atoms with Crippen molar-refractivity contribution in [2.75, 3.05) is 31.6 Å². The number of nitrogens with one attached hydrogen (secondary N) is 1. The van der Waals surface area contributed by atoms with Crippen molar-refractivity contribution in [2.24, 2.45) is 5.73 Å². The van der Waals surface area contributed by atoms with Crippen molar-refractivity contribution in [3.05, 3.63) is 23.3 Å². The molecule has 3 N–H and O–H groups in total. The lowest BCUT2D eigenvalue weighted by atomic mass is 10.0. The summed E-state index contributed by atoms with van der Waals surface area (Å²) in [4.78, 5) is 30.9. The van der Waals surface area contributed by atoms with Gasteiger partial charge in [0.15, 0.2) is 0 Å². The molecule has 1 aromatic rings. The standard InChI is InChI=1S/C21H34N4O2S/c1-7-16(12-23-6)25(13(2)3)21(27)17-11-18-19(10-14(17)4)28-15(5)20(26)24(18)9-8-22/h10-11,13,15-16,23H,7-9,12,22H2,1-6H3/t15?,16-/m1/s1. The van der Waals surface area contributed by atoms with Gasteiger partial charge in [0.05, 0.1) is 10.9 Å². The third kappa shape index (κ3) is 4.53. The molecule has 0 bridgehead atoms. The lowest BCUT2D eigenvalue weighted by Crippen LogP contribution is -2.49. The van der Waals surface area contributed by atoms with Gasteiger partial charge >= 0.3 is 0 Å². The van der Waals surface area contributed by atoms with Crippen molar-refractivity contribution in [1.29, 1.82) is 0 Å². The second-order valence-electron chi connectivity index (χ2n) is 7.60. The molecular formula is C21H34N4O2S. The topological polar surface area (TPSA) is 78.7 Å². The second kappa shape index (κ2) is 9.76. The summed E-state index contributed by atoms with van der Waals surface area (Å²) in [6.07, 6.45) is 0.875. The van der Waals surface area contributed by atoms with E-state index in [1.807, 2.05) is 51.8 Å². The number of carbonyl (C=O) groups is 2. The van der Waals surface area contributed by atoms with Crippen LogP contribution >= 0.6 is 11.8 Å². The van der Waals surface area contributed by atoms with Crippen LogP contribution in [-0.2, 0) is 4.79 Å². The van der Waals surface area contributed by atoms with Crippen LogP contribution < -0.4 is 16.0 Å². The van der Waals surface area contributed by atoms with E-state index in [1.165, 1.54) is 0 Å². The molecule has 28 heavy (non-hydrogen) atoms. The summed E-state index contributed by atoms with van der Waals surface area (Å²) in [5.41, 5.74) is 8.15. The average Bonchev–Trinajstić information content (AvgIpc) is 2.64. The number of benzene rings is 1. The fraction of sp³-hybridized carbons (Fsp3) is 0.619. The maximum Gasteiger partial charge on any atom is 0.254 e. The third-order valence-corrected chi connectivity index (χ3v) is 6.33. The monoisotopic (exact) mass is 406 g/mol. The Kier molecular flexibility index (Phi) is 7.92. The Morgan fingerprint density at radius 2 is 2.07 bits per heavy atom. The predicted molar refractivity (Wildman–Crippen MR) is 117 cm³/mol. The van der Waals surface area contributed by atoms with Gasteiger partial charge in [0, 0.05) is 42.2 Å². The lowest BCUT2D eigenvalue weighted by molar-refractivity contribution is -0.118. The van der Waals surface area contributed by atoms with Crippen LogP contribution in [-0.4, -0.2) is 60.7 Å². The van der Waals surface area contributed by atoms with Crippen molar-refractivity contribution in [3.63, 3.8) is 0 Å². The van der Waals surface area contributed by atoms with E-state index in [-0.39, 0.29) is 29.1 Å². The number of fused-ring (bicyclic) bond motifs is 1. The molecule has 0 saturated carbocycles. The SMILES string of the molecule is CC[C@H](CNC)N(C(=O)c1cc2c(cc1C)SC(C)C(=O)N2CCN)C(C)C. The van der Waals surface area contributed by atoms with Gasteiger partial charge in [0.25, 0.3) is 5.91 Å². The van der Waals surface area contributed by atoms with Crippen LogP contribution in [0, 0.1) is 6.92 Å². The summed E-state index contributed by atoms with van der Waals surface area (Å²) in [6.45, 7) is 11.7. The first kappa shape index (κ1) is 22.7. The Bertz CT molecular complexity index is 723. The zero-order chi connectivity index (χ0) is 21.0. The number of amides is 2. The van der Waals surface area contributed by atoms with E-state index in [2.05, 4.69) is 12.2 Å². The minimum absolute atomic E-state index is 0.0150. The highest BCUT2D eigenvalue weighted by Gasteiger charge is 2.33. The van der Waals surface area contributed by atoms with Gasteiger partial charge < -0.3 is 20.9 Å². The van der Waals surface area contributed by atoms with Crippen LogP contribution in [0.1, 0.15) is 50.0 Å². The molecule has 2 atom stereocenters. The first-order chi connectivity index (χ1) is 13.3. The van der Waals surface area contributed by atoms with Gasteiger partial charge in [-0.25, -0.2) is 0 Å². The number of aryl methyl sites for hydroxylation is 1. The van der Waals surface area contributed by atoms with E-state index < -0.39 is 0 Å². The largest absolute Gasteiger partial charge is 0.332 e. The smallest absolute Gasteiger partial charge is 0.254 e. The van der Waals surface area contributed by atoms with E-state index in [0.29, 0.717) is 18.7 Å². The molecule has 0 fully saturated rings. The maximum atomic E-state index is 13.5. The first-order valence-corrected chi connectivity index (χ1v) is 10.9. The number of rotatable bonds is 8. The van der Waals surface area contributed by atoms with Crippen molar-refractivity contribution < 1.29 is 9.59 Å². The molecule has 156 valence electrons. The molecule has 6 nitrogen and oxygen atoms in total. The zero-order valence-electron chi connectivity index (χ0n) is 17.9. The number of nitrogens with zero attached hydrogens (tertiary/aromatic N) is 2. The number of thioether (sulfide) groups is 1. The highest BCUT2D eigenvalue weighted by atomic mass is 32.2. The first-order valence-electron chi connectivity index (χ1n) is 10.1. The average molecular weight is 407 g/mol. The number of anilines is 1. The van der Waals surface area contributed by atoms with E-state index in [9.17, 15) is 9.59 Å². The van der Waals surface area contributed by atoms with Crippen LogP contribution in [0.25, 0.3) is 0 Å². The Balaban J connectivity index is 2.51. The molecular weight excluding hydrogens is 372 g/mol. The second-order valence-corrected chi connectivity index (χ2v) is 8.98. The minimum atomic E-state index is -0.146. The summed E-state index contributed by atoms with van der Waals surface area (Å²) in [5, 5.41) is 3.05. The Labute approximate surface area is 173 Å². The van der Waals surface area contributed by atoms with Gasteiger partial charge in [-0.2, -0.15) is 0 Å². The minimum Gasteiger partial charge on any atom is -0.332 e. The zero-order valence-corrected chi connectivity index (χ0v) is 18.7. The molecule has 0 aromatic heterocycles. The van der Waals surface area contributed by atoms with Gasteiger partial charge in [0.2, 0.25) is 5.91 Å².